The maximum Gasteiger partial charge on any atom is 0.292 e. The molecule has 6 heteroatoms. The molecule has 1 atom stereocenters. The van der Waals surface area contributed by atoms with Gasteiger partial charge in [-0.1, -0.05) is 0 Å². The second-order valence-corrected chi connectivity index (χ2v) is 6.53. The Balaban J connectivity index is 2.81. The molecule has 118 valence electrons. The summed E-state index contributed by atoms with van der Waals surface area (Å²) in [6.45, 7) is 2.90. The van der Waals surface area contributed by atoms with Crippen LogP contribution in [0.5, 0.6) is 0 Å². The van der Waals surface area contributed by atoms with Crippen LogP contribution >= 0.6 is 0 Å². The summed E-state index contributed by atoms with van der Waals surface area (Å²) < 4.78 is 0.876. The van der Waals surface area contributed by atoms with Crippen LogP contribution in [0.4, 0.5) is 17.1 Å². The normalized spacial score (nSPS) is 12.9. The summed E-state index contributed by atoms with van der Waals surface area (Å²) in [7, 11) is 10.3. The number of hydrogen-bond donors (Lipinski definition) is 1. The topological polar surface area (TPSA) is 58.4 Å². The molecule has 0 aliphatic rings. The highest BCUT2D eigenvalue weighted by molar-refractivity contribution is 5.68. The van der Waals surface area contributed by atoms with Gasteiger partial charge in [-0.05, 0) is 19.1 Å². The molecular formula is C15H27N4O2+. The minimum absolute atomic E-state index is 0.124. The van der Waals surface area contributed by atoms with Crippen LogP contribution in [0.2, 0.25) is 0 Å². The third-order valence-corrected chi connectivity index (χ3v) is 3.89. The molecule has 1 aromatic rings. The summed E-state index contributed by atoms with van der Waals surface area (Å²) >= 11 is 0. The molecular weight excluding hydrogens is 268 g/mol. The minimum atomic E-state index is -0.342. The zero-order valence-electron chi connectivity index (χ0n) is 13.9. The third-order valence-electron chi connectivity index (χ3n) is 3.89. The van der Waals surface area contributed by atoms with Crippen LogP contribution in [0.15, 0.2) is 18.2 Å². The molecule has 0 fully saturated rings. The predicted octanol–water partition coefficient (Wildman–Crippen LogP) is 2.56. The van der Waals surface area contributed by atoms with Crippen LogP contribution in [-0.4, -0.2) is 57.2 Å². The molecule has 0 bridgehead atoms. The lowest BCUT2D eigenvalue weighted by Crippen LogP contribution is -2.44. The van der Waals surface area contributed by atoms with Crippen molar-refractivity contribution in [3.05, 3.63) is 28.3 Å². The Morgan fingerprint density at radius 1 is 1.33 bits per heavy atom. The molecule has 0 radical (unpaired) electrons. The van der Waals surface area contributed by atoms with Crippen molar-refractivity contribution < 1.29 is 9.41 Å². The lowest BCUT2D eigenvalue weighted by Gasteiger charge is -2.31. The van der Waals surface area contributed by atoms with Gasteiger partial charge in [0.1, 0.15) is 5.69 Å². The Morgan fingerprint density at radius 3 is 2.43 bits per heavy atom. The molecule has 6 nitrogen and oxygen atoms in total. The first kappa shape index (κ1) is 17.2. The van der Waals surface area contributed by atoms with Gasteiger partial charge in [0.25, 0.3) is 5.69 Å². The van der Waals surface area contributed by atoms with E-state index in [-0.39, 0.29) is 10.6 Å². The lowest BCUT2D eigenvalue weighted by molar-refractivity contribution is -0.894. The Morgan fingerprint density at radius 2 is 1.95 bits per heavy atom. The molecule has 1 unspecified atom stereocenters. The summed E-state index contributed by atoms with van der Waals surface area (Å²) in [4.78, 5) is 12.7. The summed E-state index contributed by atoms with van der Waals surface area (Å²) in [5.74, 6) is 0. The second-order valence-electron chi connectivity index (χ2n) is 6.53. The SMILES string of the molecule is CC(CCNc1cc(N(C)C)ccc1[N+](=O)[O-])[N+](C)(C)C. The summed E-state index contributed by atoms with van der Waals surface area (Å²) in [5, 5.41) is 14.3. The van der Waals surface area contributed by atoms with E-state index in [1.165, 1.54) is 0 Å². The van der Waals surface area contributed by atoms with Gasteiger partial charge in [-0.2, -0.15) is 0 Å². The first-order valence-corrected chi connectivity index (χ1v) is 7.13. The van der Waals surface area contributed by atoms with Crippen molar-refractivity contribution in [2.45, 2.75) is 19.4 Å². The molecule has 0 aliphatic carbocycles. The van der Waals surface area contributed by atoms with Crippen molar-refractivity contribution >= 4 is 17.1 Å². The second kappa shape index (κ2) is 6.76. The molecule has 0 heterocycles. The molecule has 0 saturated heterocycles. The van der Waals surface area contributed by atoms with E-state index in [9.17, 15) is 10.1 Å². The van der Waals surface area contributed by atoms with E-state index in [0.717, 1.165) is 16.6 Å². The number of nitrogens with zero attached hydrogens (tertiary/aromatic N) is 3. The van der Waals surface area contributed by atoms with Gasteiger partial charge in [-0.3, -0.25) is 10.1 Å². The third kappa shape index (κ3) is 4.90. The number of rotatable bonds is 7. The average molecular weight is 295 g/mol. The quantitative estimate of drug-likeness (QED) is 0.477. The van der Waals surface area contributed by atoms with Crippen LogP contribution in [0.25, 0.3) is 0 Å². The van der Waals surface area contributed by atoms with E-state index in [1.54, 1.807) is 12.1 Å². The summed E-state index contributed by atoms with van der Waals surface area (Å²) in [5.41, 5.74) is 1.65. The van der Waals surface area contributed by atoms with Crippen molar-refractivity contribution in [3.63, 3.8) is 0 Å². The van der Waals surface area contributed by atoms with Gasteiger partial charge in [0, 0.05) is 38.8 Å². The summed E-state index contributed by atoms with van der Waals surface area (Å²) in [6.07, 6.45) is 0.951. The van der Waals surface area contributed by atoms with Gasteiger partial charge in [-0.15, -0.1) is 0 Å². The highest BCUT2D eigenvalue weighted by Crippen LogP contribution is 2.28. The van der Waals surface area contributed by atoms with Gasteiger partial charge in [0.05, 0.1) is 32.1 Å². The van der Waals surface area contributed by atoms with Crippen LogP contribution < -0.4 is 10.2 Å². The smallest absolute Gasteiger partial charge is 0.292 e. The monoisotopic (exact) mass is 295 g/mol. The number of benzene rings is 1. The minimum Gasteiger partial charge on any atom is -0.379 e. The molecule has 1 aromatic carbocycles. The number of quaternary nitrogens is 1. The predicted molar refractivity (Wildman–Crippen MR) is 88.0 cm³/mol. The zero-order chi connectivity index (χ0) is 16.2. The van der Waals surface area contributed by atoms with E-state index >= 15 is 0 Å². The standard InChI is InChI=1S/C15H27N4O2/c1-12(19(4,5)6)9-10-16-14-11-13(17(2)3)7-8-15(14)18(20)21/h7-8,11-12,16H,9-10H2,1-6H3/q+1. The molecule has 0 spiro atoms. The zero-order valence-corrected chi connectivity index (χ0v) is 13.9. The highest BCUT2D eigenvalue weighted by atomic mass is 16.6. The van der Waals surface area contributed by atoms with Gasteiger partial charge in [0.2, 0.25) is 0 Å². The average Bonchev–Trinajstić information content (AvgIpc) is 2.36. The fourth-order valence-corrected chi connectivity index (χ4v) is 1.91. The van der Waals surface area contributed by atoms with Crippen molar-refractivity contribution in [1.82, 2.24) is 0 Å². The van der Waals surface area contributed by atoms with E-state index < -0.39 is 0 Å². The molecule has 0 aliphatic heterocycles. The van der Waals surface area contributed by atoms with Crippen molar-refractivity contribution in [2.24, 2.45) is 0 Å². The Hall–Kier alpha value is -1.82. The van der Waals surface area contributed by atoms with Gasteiger partial charge in [0.15, 0.2) is 0 Å². The molecule has 21 heavy (non-hydrogen) atoms. The highest BCUT2D eigenvalue weighted by Gasteiger charge is 2.19. The fraction of sp³-hybridized carbons (Fsp3) is 0.600. The maximum absolute atomic E-state index is 11.1. The lowest BCUT2D eigenvalue weighted by atomic mass is 10.1. The number of anilines is 2. The van der Waals surface area contributed by atoms with E-state index in [0.29, 0.717) is 18.3 Å². The van der Waals surface area contributed by atoms with Gasteiger partial charge in [-0.25, -0.2) is 0 Å². The first-order valence-electron chi connectivity index (χ1n) is 7.13. The molecule has 0 aromatic heterocycles. The van der Waals surface area contributed by atoms with E-state index in [4.69, 9.17) is 0 Å². The van der Waals surface area contributed by atoms with Crippen LogP contribution in [0.3, 0.4) is 0 Å². The fourth-order valence-electron chi connectivity index (χ4n) is 1.91. The van der Waals surface area contributed by atoms with Crippen molar-refractivity contribution in [1.29, 1.82) is 0 Å². The number of nitrogens with one attached hydrogen (secondary N) is 1. The molecule has 0 amide bonds. The van der Waals surface area contributed by atoms with Crippen LogP contribution in [0.1, 0.15) is 13.3 Å². The molecule has 1 rings (SSSR count). The van der Waals surface area contributed by atoms with E-state index in [2.05, 4.69) is 33.4 Å². The largest absolute Gasteiger partial charge is 0.379 e. The number of hydrogen-bond acceptors (Lipinski definition) is 4. The Labute approximate surface area is 127 Å². The molecule has 0 saturated carbocycles. The first-order chi connectivity index (χ1) is 9.62. The van der Waals surface area contributed by atoms with E-state index in [1.807, 2.05) is 25.1 Å². The number of nitro benzene ring substituents is 1. The number of nitro groups is 1. The maximum atomic E-state index is 11.1. The van der Waals surface area contributed by atoms with Gasteiger partial charge >= 0.3 is 0 Å². The Bertz CT molecular complexity index is 495. The van der Waals surface area contributed by atoms with Gasteiger partial charge < -0.3 is 14.7 Å². The van der Waals surface area contributed by atoms with Crippen molar-refractivity contribution in [2.75, 3.05) is 52.0 Å². The summed E-state index contributed by atoms with van der Waals surface area (Å²) in [6, 6.07) is 5.63. The van der Waals surface area contributed by atoms with Crippen LogP contribution in [0, 0.1) is 10.1 Å². The van der Waals surface area contributed by atoms with Crippen LogP contribution in [-0.2, 0) is 0 Å². The molecule has 1 N–H and O–H groups in total. The van der Waals surface area contributed by atoms with Crippen molar-refractivity contribution in [3.8, 4) is 0 Å². The Kier molecular flexibility index (Phi) is 5.54.